The fourth-order valence-corrected chi connectivity index (χ4v) is 2.24. The Kier molecular flexibility index (Phi) is 3.55. The Bertz CT molecular complexity index is 657. The number of benzene rings is 1. The van der Waals surface area contributed by atoms with Crippen LogP contribution in [-0.2, 0) is 16.7 Å². The number of hydrogen-bond donors (Lipinski definition) is 1. The molecule has 0 fully saturated rings. The minimum absolute atomic E-state index is 0.0354. The molecule has 6 nitrogen and oxygen atoms in total. The summed E-state index contributed by atoms with van der Waals surface area (Å²) in [5.41, 5.74) is 0.734. The summed E-state index contributed by atoms with van der Waals surface area (Å²) in [6.07, 6.45) is 0.370. The number of aromatic nitrogens is 2. The maximum absolute atomic E-state index is 10.5. The van der Waals surface area contributed by atoms with Gasteiger partial charge in [0, 0.05) is 16.6 Å². The summed E-state index contributed by atoms with van der Waals surface area (Å²) >= 11 is 0. The Labute approximate surface area is 104 Å². The highest BCUT2D eigenvalue weighted by molar-refractivity contribution is 7.85. The molecule has 1 aromatic heterocycles. The number of aliphatic hydroxyl groups is 1. The molecule has 0 aliphatic heterocycles. The van der Waals surface area contributed by atoms with Crippen LogP contribution in [-0.4, -0.2) is 35.0 Å². The van der Waals surface area contributed by atoms with Gasteiger partial charge in [-0.1, -0.05) is 22.9 Å². The van der Waals surface area contributed by atoms with Crippen molar-refractivity contribution in [1.29, 1.82) is 0 Å². The molecule has 1 N–H and O–H groups in total. The summed E-state index contributed by atoms with van der Waals surface area (Å²) in [6, 6.07) is 9.22. The lowest BCUT2D eigenvalue weighted by Gasteiger charge is -2.09. The summed E-state index contributed by atoms with van der Waals surface area (Å²) in [4.78, 5) is 0. The smallest absolute Gasteiger partial charge is 0.200 e. The maximum Gasteiger partial charge on any atom is 0.200 e. The van der Waals surface area contributed by atoms with Crippen LogP contribution in [0.4, 0.5) is 0 Å². The first-order chi connectivity index (χ1) is 8.44. The molecule has 96 valence electrons. The lowest BCUT2D eigenvalue weighted by Crippen LogP contribution is -2.44. The van der Waals surface area contributed by atoms with Crippen molar-refractivity contribution in [2.75, 3.05) is 5.75 Å². The summed E-state index contributed by atoms with van der Waals surface area (Å²) in [5, 5.41) is 14.6. The van der Waals surface area contributed by atoms with E-state index in [2.05, 4.69) is 5.10 Å². The van der Waals surface area contributed by atoms with E-state index < -0.39 is 22.0 Å². The highest BCUT2D eigenvalue weighted by Crippen LogP contribution is 2.06. The number of fused-ring (bicyclic) bond motifs is 1. The SMILES string of the molecule is O=S(=O)([O-])CC(O)C[n+]1ccc2ccccc2n1. The van der Waals surface area contributed by atoms with Gasteiger partial charge in [0.25, 0.3) is 0 Å². The summed E-state index contributed by atoms with van der Waals surface area (Å²) < 4.78 is 32.9. The minimum Gasteiger partial charge on any atom is -0.748 e. The Morgan fingerprint density at radius 2 is 2.06 bits per heavy atom. The molecule has 0 radical (unpaired) electrons. The number of rotatable bonds is 4. The fourth-order valence-electron chi connectivity index (χ4n) is 1.66. The normalized spacial score (nSPS) is 13.7. The molecule has 1 heterocycles. The van der Waals surface area contributed by atoms with E-state index in [9.17, 15) is 18.1 Å². The molecule has 1 unspecified atom stereocenters. The van der Waals surface area contributed by atoms with Gasteiger partial charge in [-0.3, -0.25) is 0 Å². The van der Waals surface area contributed by atoms with Crippen molar-refractivity contribution in [3.63, 3.8) is 0 Å². The van der Waals surface area contributed by atoms with Crippen LogP contribution in [0.2, 0.25) is 0 Å². The molecule has 1 aromatic carbocycles. The third kappa shape index (κ3) is 3.46. The molecule has 0 spiro atoms. The summed E-state index contributed by atoms with van der Waals surface area (Å²) in [6.45, 7) is -0.0354. The predicted octanol–water partition coefficient (Wildman–Crippen LogP) is -0.572. The highest BCUT2D eigenvalue weighted by Gasteiger charge is 2.15. The zero-order chi connectivity index (χ0) is 13.2. The van der Waals surface area contributed by atoms with Crippen molar-refractivity contribution < 1.29 is 22.8 Å². The Balaban J connectivity index is 2.17. The summed E-state index contributed by atoms with van der Waals surface area (Å²) in [7, 11) is -4.43. The number of hydrogen-bond acceptors (Lipinski definition) is 5. The quantitative estimate of drug-likeness (QED) is 0.592. The van der Waals surface area contributed by atoms with Gasteiger partial charge in [-0.25, -0.2) is 8.42 Å². The van der Waals surface area contributed by atoms with Crippen molar-refractivity contribution in [3.8, 4) is 0 Å². The van der Waals surface area contributed by atoms with Gasteiger partial charge in [0.05, 0.1) is 15.9 Å². The predicted molar refractivity (Wildman–Crippen MR) is 62.5 cm³/mol. The fraction of sp³-hybridized carbons (Fsp3) is 0.273. The van der Waals surface area contributed by atoms with Gasteiger partial charge in [0.2, 0.25) is 6.54 Å². The van der Waals surface area contributed by atoms with Crippen LogP contribution in [0, 0.1) is 0 Å². The van der Waals surface area contributed by atoms with Crippen LogP contribution in [0.1, 0.15) is 0 Å². The zero-order valence-electron chi connectivity index (χ0n) is 9.43. The monoisotopic (exact) mass is 268 g/mol. The average molecular weight is 268 g/mol. The lowest BCUT2D eigenvalue weighted by molar-refractivity contribution is -0.756. The van der Waals surface area contributed by atoms with Gasteiger partial charge in [-0.15, -0.1) is 0 Å². The van der Waals surface area contributed by atoms with Gasteiger partial charge in [-0.2, -0.15) is 0 Å². The first kappa shape index (κ1) is 12.9. The van der Waals surface area contributed by atoms with Crippen LogP contribution in [0.25, 0.3) is 10.9 Å². The van der Waals surface area contributed by atoms with E-state index in [1.54, 1.807) is 12.3 Å². The zero-order valence-corrected chi connectivity index (χ0v) is 10.2. The van der Waals surface area contributed by atoms with Gasteiger partial charge in [0.15, 0.2) is 6.20 Å². The molecule has 7 heteroatoms. The van der Waals surface area contributed by atoms with Crippen molar-refractivity contribution in [1.82, 2.24) is 5.10 Å². The molecule has 0 saturated carbocycles. The molecule has 18 heavy (non-hydrogen) atoms. The van der Waals surface area contributed by atoms with E-state index in [1.165, 1.54) is 4.68 Å². The van der Waals surface area contributed by atoms with Crippen LogP contribution >= 0.6 is 0 Å². The van der Waals surface area contributed by atoms with E-state index in [1.807, 2.05) is 24.3 Å². The van der Waals surface area contributed by atoms with Crippen LogP contribution in [0.5, 0.6) is 0 Å². The largest absolute Gasteiger partial charge is 0.748 e. The number of aliphatic hydroxyl groups excluding tert-OH is 1. The van der Waals surface area contributed by atoms with Crippen LogP contribution < -0.4 is 4.68 Å². The molecule has 0 amide bonds. The Hall–Kier alpha value is -1.57. The van der Waals surface area contributed by atoms with Gasteiger partial charge in [0.1, 0.15) is 11.6 Å². The summed E-state index contributed by atoms with van der Waals surface area (Å²) in [5.74, 6) is -0.811. The first-order valence-corrected chi connectivity index (χ1v) is 6.89. The molecular weight excluding hydrogens is 256 g/mol. The maximum atomic E-state index is 10.5. The van der Waals surface area contributed by atoms with E-state index in [4.69, 9.17) is 0 Å². The Morgan fingerprint density at radius 1 is 1.33 bits per heavy atom. The van der Waals surface area contributed by atoms with Crippen molar-refractivity contribution >= 4 is 21.0 Å². The molecule has 2 aromatic rings. The van der Waals surface area contributed by atoms with E-state index >= 15 is 0 Å². The van der Waals surface area contributed by atoms with E-state index in [0.29, 0.717) is 0 Å². The molecule has 0 aliphatic rings. The van der Waals surface area contributed by atoms with Crippen molar-refractivity contribution in [3.05, 3.63) is 36.5 Å². The first-order valence-electron chi connectivity index (χ1n) is 5.31. The lowest BCUT2D eigenvalue weighted by atomic mass is 10.2. The van der Waals surface area contributed by atoms with Crippen molar-refractivity contribution in [2.24, 2.45) is 0 Å². The van der Waals surface area contributed by atoms with Gasteiger partial charge in [-0.05, 0) is 6.07 Å². The topological polar surface area (TPSA) is 94.2 Å². The molecule has 0 saturated heterocycles. The standard InChI is InChI=1S/C11H12N2O4S/c14-10(8-18(15,16)17)7-13-6-5-9-3-1-2-4-11(9)12-13/h1-6,10,14H,7-8H2. The minimum atomic E-state index is -4.43. The van der Waals surface area contributed by atoms with E-state index in [-0.39, 0.29) is 6.54 Å². The van der Waals surface area contributed by atoms with Crippen LogP contribution in [0.15, 0.2) is 36.5 Å². The molecule has 0 aliphatic carbocycles. The van der Waals surface area contributed by atoms with Gasteiger partial charge < -0.3 is 9.66 Å². The molecule has 2 rings (SSSR count). The second kappa shape index (κ2) is 4.97. The van der Waals surface area contributed by atoms with Gasteiger partial charge >= 0.3 is 0 Å². The Morgan fingerprint density at radius 3 is 2.78 bits per heavy atom. The average Bonchev–Trinajstić information content (AvgIpc) is 2.26. The third-order valence-electron chi connectivity index (χ3n) is 2.39. The van der Waals surface area contributed by atoms with Crippen molar-refractivity contribution in [2.45, 2.75) is 12.6 Å². The van der Waals surface area contributed by atoms with Crippen LogP contribution in [0.3, 0.4) is 0 Å². The van der Waals surface area contributed by atoms with E-state index in [0.717, 1.165) is 10.9 Å². The highest BCUT2D eigenvalue weighted by atomic mass is 32.2. The molecule has 0 bridgehead atoms. The number of nitrogens with zero attached hydrogens (tertiary/aromatic N) is 2. The molecular formula is C11H12N2O4S. The second-order valence-corrected chi connectivity index (χ2v) is 5.42. The third-order valence-corrected chi connectivity index (χ3v) is 3.19. The molecule has 1 atom stereocenters. The second-order valence-electron chi connectivity index (χ2n) is 3.97.